The Morgan fingerprint density at radius 1 is 1.32 bits per heavy atom. The summed E-state index contributed by atoms with van der Waals surface area (Å²) in [7, 11) is 3.32. The van der Waals surface area contributed by atoms with Gasteiger partial charge in [-0.15, -0.1) is 12.4 Å². The highest BCUT2D eigenvalue weighted by Crippen LogP contribution is 2.42. The van der Waals surface area contributed by atoms with Crippen molar-refractivity contribution in [3.63, 3.8) is 0 Å². The van der Waals surface area contributed by atoms with Crippen molar-refractivity contribution in [3.05, 3.63) is 0 Å². The third-order valence-electron chi connectivity index (χ3n) is 3.58. The van der Waals surface area contributed by atoms with Crippen LogP contribution in [-0.2, 0) is 4.79 Å². The van der Waals surface area contributed by atoms with Crippen molar-refractivity contribution in [2.45, 2.75) is 31.9 Å². The minimum atomic E-state index is -4.26. The van der Waals surface area contributed by atoms with Crippen LogP contribution in [-0.4, -0.2) is 44.2 Å². The molecule has 2 atom stereocenters. The van der Waals surface area contributed by atoms with Gasteiger partial charge in [-0.1, -0.05) is 12.8 Å². The van der Waals surface area contributed by atoms with Crippen molar-refractivity contribution in [2.75, 3.05) is 27.2 Å². The van der Waals surface area contributed by atoms with Crippen LogP contribution in [0.2, 0.25) is 0 Å². The molecule has 19 heavy (non-hydrogen) atoms. The van der Waals surface area contributed by atoms with Crippen molar-refractivity contribution < 1.29 is 18.0 Å². The average Bonchev–Trinajstić information content (AvgIpc) is 2.34. The summed E-state index contributed by atoms with van der Waals surface area (Å²) in [6.45, 7) is 1.03. The number of likely N-dealkylation sites (N-methyl/N-ethyl adjacent to an activating group) is 2. The summed E-state index contributed by atoms with van der Waals surface area (Å²) in [5.74, 6) is -2.72. The number of amides is 1. The van der Waals surface area contributed by atoms with E-state index in [4.69, 9.17) is 0 Å². The van der Waals surface area contributed by atoms with Gasteiger partial charge in [0.25, 0.3) is 0 Å². The predicted octanol–water partition coefficient (Wildman–Crippen LogP) is 2.45. The number of carbonyl (C=O) groups excluding carboxylic acids is 1. The first kappa shape index (κ1) is 18.5. The number of hydrogen-bond donors (Lipinski definition) is 1. The van der Waals surface area contributed by atoms with Gasteiger partial charge in [0.05, 0.1) is 5.92 Å². The molecule has 1 fully saturated rings. The molecule has 1 rings (SSSR count). The van der Waals surface area contributed by atoms with Gasteiger partial charge in [0.1, 0.15) is 0 Å². The van der Waals surface area contributed by atoms with Gasteiger partial charge in [-0.3, -0.25) is 4.79 Å². The number of alkyl halides is 3. The maximum atomic E-state index is 12.9. The molecule has 0 spiro atoms. The fourth-order valence-corrected chi connectivity index (χ4v) is 2.49. The predicted molar refractivity (Wildman–Crippen MR) is 70.3 cm³/mol. The Morgan fingerprint density at radius 2 is 1.89 bits per heavy atom. The standard InChI is InChI=1S/C12H21F3N2O.ClH/c1-16-7-8-17(2)11(18)9-5-3-4-6-10(9)12(13,14)15;/h9-10,16H,3-8H2,1-2H3;1H. The van der Waals surface area contributed by atoms with Gasteiger partial charge >= 0.3 is 6.18 Å². The normalized spacial score (nSPS) is 23.6. The summed E-state index contributed by atoms with van der Waals surface area (Å²) in [4.78, 5) is 13.5. The van der Waals surface area contributed by atoms with E-state index in [-0.39, 0.29) is 24.7 Å². The molecule has 2 unspecified atom stereocenters. The molecule has 0 aromatic carbocycles. The zero-order valence-corrected chi connectivity index (χ0v) is 12.1. The maximum absolute atomic E-state index is 12.9. The van der Waals surface area contributed by atoms with E-state index >= 15 is 0 Å². The number of nitrogens with one attached hydrogen (secondary N) is 1. The second kappa shape index (κ2) is 7.94. The lowest BCUT2D eigenvalue weighted by atomic mass is 9.78. The SMILES string of the molecule is CNCCN(C)C(=O)C1CCCCC1C(F)(F)F.Cl. The molecule has 0 aliphatic heterocycles. The molecule has 0 saturated heterocycles. The summed E-state index contributed by atoms with van der Waals surface area (Å²) in [6.07, 6.45) is -2.55. The first-order valence-electron chi connectivity index (χ1n) is 6.34. The van der Waals surface area contributed by atoms with Gasteiger partial charge in [-0.2, -0.15) is 13.2 Å². The van der Waals surface area contributed by atoms with Crippen LogP contribution in [0.3, 0.4) is 0 Å². The lowest BCUT2D eigenvalue weighted by Crippen LogP contribution is -2.44. The van der Waals surface area contributed by atoms with Crippen LogP contribution >= 0.6 is 12.4 Å². The summed E-state index contributed by atoms with van der Waals surface area (Å²) in [6, 6.07) is 0. The van der Waals surface area contributed by atoms with Crippen LogP contribution in [0.15, 0.2) is 0 Å². The Balaban J connectivity index is 0.00000324. The third kappa shape index (κ3) is 5.18. The van der Waals surface area contributed by atoms with Crippen LogP contribution in [0.5, 0.6) is 0 Å². The minimum Gasteiger partial charge on any atom is -0.344 e. The third-order valence-corrected chi connectivity index (χ3v) is 3.58. The number of nitrogens with zero attached hydrogens (tertiary/aromatic N) is 1. The average molecular weight is 303 g/mol. The topological polar surface area (TPSA) is 32.3 Å². The van der Waals surface area contributed by atoms with Gasteiger partial charge < -0.3 is 10.2 Å². The second-order valence-electron chi connectivity index (χ2n) is 4.90. The summed E-state index contributed by atoms with van der Waals surface area (Å²) in [5, 5.41) is 2.88. The van der Waals surface area contributed by atoms with Gasteiger partial charge in [-0.25, -0.2) is 0 Å². The molecular weight excluding hydrogens is 281 g/mol. The Bertz CT molecular complexity index is 287. The van der Waals surface area contributed by atoms with Crippen LogP contribution in [0, 0.1) is 11.8 Å². The molecule has 1 saturated carbocycles. The van der Waals surface area contributed by atoms with Crippen molar-refractivity contribution >= 4 is 18.3 Å². The van der Waals surface area contributed by atoms with E-state index in [9.17, 15) is 18.0 Å². The van der Waals surface area contributed by atoms with Crippen molar-refractivity contribution in [2.24, 2.45) is 11.8 Å². The van der Waals surface area contributed by atoms with Gasteiger partial charge in [0, 0.05) is 26.1 Å². The molecule has 3 nitrogen and oxygen atoms in total. The largest absolute Gasteiger partial charge is 0.392 e. The summed E-state index contributed by atoms with van der Waals surface area (Å²) >= 11 is 0. The molecule has 1 aliphatic rings. The number of rotatable bonds is 4. The van der Waals surface area contributed by atoms with E-state index in [1.807, 2.05) is 0 Å². The van der Waals surface area contributed by atoms with Crippen molar-refractivity contribution in [3.8, 4) is 0 Å². The van der Waals surface area contributed by atoms with Gasteiger partial charge in [0.2, 0.25) is 5.91 Å². The van der Waals surface area contributed by atoms with Crippen molar-refractivity contribution in [1.29, 1.82) is 0 Å². The van der Waals surface area contributed by atoms with E-state index in [1.54, 1.807) is 14.1 Å². The fraction of sp³-hybridized carbons (Fsp3) is 0.917. The number of halogens is 4. The Hall–Kier alpha value is -0.490. The molecule has 1 N–H and O–H groups in total. The fourth-order valence-electron chi connectivity index (χ4n) is 2.49. The highest BCUT2D eigenvalue weighted by Gasteiger charge is 2.48. The zero-order valence-electron chi connectivity index (χ0n) is 11.3. The van der Waals surface area contributed by atoms with Gasteiger partial charge in [-0.05, 0) is 19.9 Å². The smallest absolute Gasteiger partial charge is 0.344 e. The van der Waals surface area contributed by atoms with Crippen LogP contribution in [0.1, 0.15) is 25.7 Å². The van der Waals surface area contributed by atoms with Gasteiger partial charge in [0.15, 0.2) is 0 Å². The lowest BCUT2D eigenvalue weighted by molar-refractivity contribution is -0.200. The number of carbonyl (C=O) groups is 1. The van der Waals surface area contributed by atoms with E-state index in [0.717, 1.165) is 0 Å². The lowest BCUT2D eigenvalue weighted by Gasteiger charge is -2.34. The Kier molecular flexibility index (Phi) is 7.74. The molecule has 7 heteroatoms. The summed E-state index contributed by atoms with van der Waals surface area (Å²) < 4.78 is 38.7. The van der Waals surface area contributed by atoms with Crippen LogP contribution < -0.4 is 5.32 Å². The first-order valence-corrected chi connectivity index (χ1v) is 6.34. The molecule has 0 bridgehead atoms. The molecule has 0 aromatic rings. The molecule has 0 aromatic heterocycles. The van der Waals surface area contributed by atoms with E-state index in [2.05, 4.69) is 5.32 Å². The molecule has 0 radical (unpaired) electrons. The van der Waals surface area contributed by atoms with Crippen LogP contribution in [0.25, 0.3) is 0 Å². The zero-order chi connectivity index (χ0) is 13.8. The van der Waals surface area contributed by atoms with E-state index in [0.29, 0.717) is 32.4 Å². The second-order valence-corrected chi connectivity index (χ2v) is 4.90. The van der Waals surface area contributed by atoms with Crippen LogP contribution in [0.4, 0.5) is 13.2 Å². The summed E-state index contributed by atoms with van der Waals surface area (Å²) in [5.41, 5.74) is 0. The monoisotopic (exact) mass is 302 g/mol. The maximum Gasteiger partial charge on any atom is 0.392 e. The first-order chi connectivity index (χ1) is 8.38. The Morgan fingerprint density at radius 3 is 2.42 bits per heavy atom. The highest BCUT2D eigenvalue weighted by molar-refractivity contribution is 5.85. The molecule has 1 aliphatic carbocycles. The molecule has 114 valence electrons. The minimum absolute atomic E-state index is 0. The Labute approximate surface area is 118 Å². The van der Waals surface area contributed by atoms with Crippen molar-refractivity contribution in [1.82, 2.24) is 10.2 Å². The quantitative estimate of drug-likeness (QED) is 0.865. The molecular formula is C12H22ClF3N2O. The highest BCUT2D eigenvalue weighted by atomic mass is 35.5. The molecule has 1 amide bonds. The van der Waals surface area contributed by atoms with E-state index in [1.165, 1.54) is 4.90 Å². The molecule has 0 heterocycles. The number of hydrogen-bond acceptors (Lipinski definition) is 2. The van der Waals surface area contributed by atoms with E-state index < -0.39 is 18.0 Å².